The molecule has 18 heavy (non-hydrogen) atoms. The zero-order valence-corrected chi connectivity index (χ0v) is 10.1. The molecule has 0 bridgehead atoms. The number of amides is 1. The van der Waals surface area contributed by atoms with E-state index in [0.717, 1.165) is 6.42 Å². The molecule has 3 N–H and O–H groups in total. The molecule has 1 amide bonds. The van der Waals surface area contributed by atoms with Crippen LogP contribution in [-0.2, 0) is 6.42 Å². The Hall–Kier alpha value is -1.99. The molecule has 96 valence electrons. The number of aliphatic hydroxyl groups excluding tert-OH is 1. The third-order valence-electron chi connectivity index (χ3n) is 2.34. The van der Waals surface area contributed by atoms with Gasteiger partial charge in [-0.15, -0.1) is 0 Å². The SMILES string of the molecule is O=C(O)NCCC#CC(O)CCc1ccccc1. The summed E-state index contributed by atoms with van der Waals surface area (Å²) in [6.45, 7) is 0.285. The van der Waals surface area contributed by atoms with Crippen molar-refractivity contribution < 1.29 is 15.0 Å². The fraction of sp³-hybridized carbons (Fsp3) is 0.357. The first-order valence-corrected chi connectivity index (χ1v) is 5.85. The summed E-state index contributed by atoms with van der Waals surface area (Å²) in [5.74, 6) is 5.45. The minimum Gasteiger partial charge on any atom is -0.465 e. The molecule has 0 aliphatic heterocycles. The Morgan fingerprint density at radius 2 is 2.06 bits per heavy atom. The van der Waals surface area contributed by atoms with E-state index in [1.807, 2.05) is 30.3 Å². The largest absolute Gasteiger partial charge is 0.465 e. The van der Waals surface area contributed by atoms with Gasteiger partial charge in [0.15, 0.2) is 0 Å². The Bertz CT molecular complexity index is 420. The van der Waals surface area contributed by atoms with Crippen LogP contribution in [0.25, 0.3) is 0 Å². The average Bonchev–Trinajstić information content (AvgIpc) is 2.37. The number of hydrogen-bond donors (Lipinski definition) is 3. The van der Waals surface area contributed by atoms with E-state index < -0.39 is 12.2 Å². The van der Waals surface area contributed by atoms with Gasteiger partial charge < -0.3 is 15.5 Å². The average molecular weight is 247 g/mol. The van der Waals surface area contributed by atoms with Crippen molar-refractivity contribution in [1.82, 2.24) is 5.32 Å². The van der Waals surface area contributed by atoms with Gasteiger partial charge in [-0.3, -0.25) is 0 Å². The van der Waals surface area contributed by atoms with E-state index in [2.05, 4.69) is 17.2 Å². The van der Waals surface area contributed by atoms with Crippen molar-refractivity contribution in [2.45, 2.75) is 25.4 Å². The topological polar surface area (TPSA) is 69.6 Å². The van der Waals surface area contributed by atoms with Crippen molar-refractivity contribution >= 4 is 6.09 Å². The Morgan fingerprint density at radius 3 is 2.72 bits per heavy atom. The number of benzene rings is 1. The number of rotatable bonds is 5. The molecule has 4 nitrogen and oxygen atoms in total. The molecule has 0 spiro atoms. The first kappa shape index (κ1) is 14.1. The van der Waals surface area contributed by atoms with Crippen LogP contribution in [0, 0.1) is 11.8 Å². The lowest BCUT2D eigenvalue weighted by Gasteiger charge is -2.03. The molecule has 0 radical (unpaired) electrons. The highest BCUT2D eigenvalue weighted by Crippen LogP contribution is 2.04. The van der Waals surface area contributed by atoms with E-state index in [0.29, 0.717) is 12.8 Å². The zero-order valence-electron chi connectivity index (χ0n) is 10.1. The molecule has 0 saturated heterocycles. The van der Waals surface area contributed by atoms with Crippen molar-refractivity contribution in [3.05, 3.63) is 35.9 Å². The van der Waals surface area contributed by atoms with Gasteiger partial charge in [0.2, 0.25) is 0 Å². The van der Waals surface area contributed by atoms with Crippen molar-refractivity contribution in [3.8, 4) is 11.8 Å². The molecule has 1 aromatic carbocycles. The molecule has 1 atom stereocenters. The highest BCUT2D eigenvalue weighted by molar-refractivity contribution is 5.64. The van der Waals surface area contributed by atoms with Crippen LogP contribution in [-0.4, -0.2) is 29.0 Å². The maximum Gasteiger partial charge on any atom is 0.404 e. The second-order valence-corrected chi connectivity index (χ2v) is 3.84. The number of hydrogen-bond acceptors (Lipinski definition) is 2. The normalized spacial score (nSPS) is 11.2. The van der Waals surface area contributed by atoms with Gasteiger partial charge in [0.1, 0.15) is 6.10 Å². The van der Waals surface area contributed by atoms with Crippen LogP contribution in [0.2, 0.25) is 0 Å². The highest BCUT2D eigenvalue weighted by Gasteiger charge is 1.99. The molecule has 0 aromatic heterocycles. The van der Waals surface area contributed by atoms with Gasteiger partial charge in [-0.2, -0.15) is 0 Å². The number of carboxylic acid groups (broad SMARTS) is 1. The lowest BCUT2D eigenvalue weighted by atomic mass is 10.1. The van der Waals surface area contributed by atoms with Gasteiger partial charge in [-0.1, -0.05) is 42.2 Å². The Kier molecular flexibility index (Phi) is 6.37. The van der Waals surface area contributed by atoms with Crippen molar-refractivity contribution in [3.63, 3.8) is 0 Å². The number of aliphatic hydroxyl groups is 1. The zero-order chi connectivity index (χ0) is 13.2. The van der Waals surface area contributed by atoms with E-state index in [9.17, 15) is 9.90 Å². The summed E-state index contributed by atoms with van der Waals surface area (Å²) in [5, 5.41) is 20.1. The summed E-state index contributed by atoms with van der Waals surface area (Å²) in [7, 11) is 0. The van der Waals surface area contributed by atoms with Gasteiger partial charge >= 0.3 is 6.09 Å². The summed E-state index contributed by atoms with van der Waals surface area (Å²) in [6.07, 6.45) is 0.0683. The molecular weight excluding hydrogens is 230 g/mol. The summed E-state index contributed by atoms with van der Waals surface area (Å²) in [5.41, 5.74) is 1.17. The molecule has 0 fully saturated rings. The van der Waals surface area contributed by atoms with Crippen LogP contribution in [0.3, 0.4) is 0 Å². The fourth-order valence-electron chi connectivity index (χ4n) is 1.44. The molecular formula is C14H17NO3. The third-order valence-corrected chi connectivity index (χ3v) is 2.34. The first-order valence-electron chi connectivity index (χ1n) is 5.85. The molecule has 4 heteroatoms. The molecule has 0 aliphatic rings. The van der Waals surface area contributed by atoms with E-state index in [4.69, 9.17) is 5.11 Å². The van der Waals surface area contributed by atoms with Crippen LogP contribution in [0.5, 0.6) is 0 Å². The van der Waals surface area contributed by atoms with E-state index >= 15 is 0 Å². The monoisotopic (exact) mass is 247 g/mol. The van der Waals surface area contributed by atoms with Gasteiger partial charge in [-0.05, 0) is 18.4 Å². The lowest BCUT2D eigenvalue weighted by Crippen LogP contribution is -2.21. The molecule has 1 rings (SSSR count). The second kappa shape index (κ2) is 8.15. The molecule has 0 aliphatic carbocycles. The predicted octanol–water partition coefficient (Wildman–Crippen LogP) is 1.64. The van der Waals surface area contributed by atoms with E-state index in [-0.39, 0.29) is 6.54 Å². The molecule has 0 saturated carbocycles. The van der Waals surface area contributed by atoms with E-state index in [1.54, 1.807) is 0 Å². The van der Waals surface area contributed by atoms with Gasteiger partial charge in [0.05, 0.1) is 0 Å². The summed E-state index contributed by atoms with van der Waals surface area (Å²) < 4.78 is 0. The number of aryl methyl sites for hydroxylation is 1. The molecule has 0 heterocycles. The molecule has 1 unspecified atom stereocenters. The maximum absolute atomic E-state index is 10.1. The lowest BCUT2D eigenvalue weighted by molar-refractivity contribution is 0.195. The van der Waals surface area contributed by atoms with Crippen LogP contribution >= 0.6 is 0 Å². The minimum absolute atomic E-state index is 0.285. The maximum atomic E-state index is 10.1. The van der Waals surface area contributed by atoms with Gasteiger partial charge in [0.25, 0.3) is 0 Å². The quantitative estimate of drug-likeness (QED) is 0.547. The first-order chi connectivity index (χ1) is 8.68. The summed E-state index contributed by atoms with van der Waals surface area (Å²) in [6, 6.07) is 9.90. The predicted molar refractivity (Wildman–Crippen MR) is 69.2 cm³/mol. The summed E-state index contributed by atoms with van der Waals surface area (Å²) in [4.78, 5) is 10.1. The Morgan fingerprint density at radius 1 is 1.33 bits per heavy atom. The Balaban J connectivity index is 2.19. The number of carbonyl (C=O) groups is 1. The van der Waals surface area contributed by atoms with Crippen LogP contribution in [0.1, 0.15) is 18.4 Å². The van der Waals surface area contributed by atoms with Crippen molar-refractivity contribution in [2.24, 2.45) is 0 Å². The van der Waals surface area contributed by atoms with Gasteiger partial charge in [-0.25, -0.2) is 4.79 Å². The smallest absolute Gasteiger partial charge is 0.404 e. The van der Waals surface area contributed by atoms with E-state index in [1.165, 1.54) is 5.56 Å². The van der Waals surface area contributed by atoms with Crippen LogP contribution < -0.4 is 5.32 Å². The van der Waals surface area contributed by atoms with Crippen molar-refractivity contribution in [1.29, 1.82) is 0 Å². The molecule has 1 aromatic rings. The standard InChI is InChI=1S/C14H17NO3/c16-13(8-4-5-11-15-14(17)18)10-9-12-6-2-1-3-7-12/h1-3,6-7,13,15-16H,5,9-11H2,(H,17,18). The van der Waals surface area contributed by atoms with Crippen LogP contribution in [0.15, 0.2) is 30.3 Å². The second-order valence-electron chi connectivity index (χ2n) is 3.84. The fourth-order valence-corrected chi connectivity index (χ4v) is 1.44. The Labute approximate surface area is 107 Å². The highest BCUT2D eigenvalue weighted by atomic mass is 16.4. The number of nitrogens with one attached hydrogen (secondary N) is 1. The third kappa shape index (κ3) is 6.56. The van der Waals surface area contributed by atoms with Crippen molar-refractivity contribution in [2.75, 3.05) is 6.54 Å². The minimum atomic E-state index is -1.05. The van der Waals surface area contributed by atoms with Gasteiger partial charge in [0, 0.05) is 13.0 Å². The van der Waals surface area contributed by atoms with Crippen LogP contribution in [0.4, 0.5) is 4.79 Å². The summed E-state index contributed by atoms with van der Waals surface area (Å²) >= 11 is 0.